The van der Waals surface area contributed by atoms with Gasteiger partial charge in [0, 0.05) is 19.1 Å². The first-order valence-corrected chi connectivity index (χ1v) is 7.08. The number of aromatic nitrogens is 1. The molecule has 3 heteroatoms. The first-order chi connectivity index (χ1) is 8.61. The molecular weight excluding hydrogens is 222 g/mol. The van der Waals surface area contributed by atoms with Gasteiger partial charge in [-0.1, -0.05) is 20.8 Å². The second-order valence-corrected chi connectivity index (χ2v) is 5.69. The Morgan fingerprint density at radius 2 is 2.22 bits per heavy atom. The van der Waals surface area contributed by atoms with E-state index in [1.807, 2.05) is 6.20 Å². The van der Waals surface area contributed by atoms with E-state index >= 15 is 0 Å². The molecule has 1 aromatic rings. The maximum Gasteiger partial charge on any atom is 0.0572 e. The molecule has 0 aliphatic carbocycles. The lowest BCUT2D eigenvalue weighted by Crippen LogP contribution is -2.21. The molecule has 2 rings (SSSR count). The van der Waals surface area contributed by atoms with E-state index in [9.17, 15) is 0 Å². The number of nitrogens with zero attached hydrogens (tertiary/aromatic N) is 2. The summed E-state index contributed by atoms with van der Waals surface area (Å²) >= 11 is 0. The quantitative estimate of drug-likeness (QED) is 0.889. The van der Waals surface area contributed by atoms with Crippen LogP contribution in [0.1, 0.15) is 45.3 Å². The van der Waals surface area contributed by atoms with Crippen LogP contribution in [-0.4, -0.2) is 18.1 Å². The predicted octanol–water partition coefficient (Wildman–Crippen LogP) is 2.97. The predicted molar refractivity (Wildman–Crippen MR) is 76.6 cm³/mol. The summed E-state index contributed by atoms with van der Waals surface area (Å²) in [6.45, 7) is 9.04. The van der Waals surface area contributed by atoms with Gasteiger partial charge in [0.15, 0.2) is 0 Å². The van der Waals surface area contributed by atoms with Gasteiger partial charge in [-0.05, 0) is 36.8 Å². The van der Waals surface area contributed by atoms with Crippen LogP contribution in [-0.2, 0) is 0 Å². The fourth-order valence-corrected chi connectivity index (χ4v) is 2.58. The molecule has 1 aliphatic rings. The van der Waals surface area contributed by atoms with Gasteiger partial charge in [0.2, 0.25) is 0 Å². The molecule has 18 heavy (non-hydrogen) atoms. The van der Waals surface area contributed by atoms with Crippen molar-refractivity contribution >= 4 is 5.69 Å². The molecule has 3 nitrogen and oxygen atoms in total. The number of rotatable bonds is 4. The minimum absolute atomic E-state index is 0.0704. The van der Waals surface area contributed by atoms with E-state index in [0.29, 0.717) is 0 Å². The van der Waals surface area contributed by atoms with Crippen LogP contribution in [0.25, 0.3) is 0 Å². The highest BCUT2D eigenvalue weighted by Gasteiger charge is 2.25. The molecule has 0 amide bonds. The Hall–Kier alpha value is -1.09. The summed E-state index contributed by atoms with van der Waals surface area (Å²) in [5.41, 5.74) is 8.23. The van der Waals surface area contributed by atoms with Crippen LogP contribution in [0.5, 0.6) is 0 Å². The lowest BCUT2D eigenvalue weighted by molar-refractivity contribution is 0.423. The van der Waals surface area contributed by atoms with Gasteiger partial charge in [0.05, 0.1) is 17.6 Å². The molecule has 2 N–H and O–H groups in total. The first kappa shape index (κ1) is 13.3. The zero-order valence-corrected chi connectivity index (χ0v) is 11.8. The van der Waals surface area contributed by atoms with Crippen LogP contribution in [0.3, 0.4) is 0 Å². The van der Waals surface area contributed by atoms with Crippen molar-refractivity contribution in [2.75, 3.05) is 18.0 Å². The Bertz CT molecular complexity index is 372. The third kappa shape index (κ3) is 2.83. The molecule has 1 aromatic heterocycles. The lowest BCUT2D eigenvalue weighted by atomic mass is 9.95. The highest BCUT2D eigenvalue weighted by atomic mass is 15.2. The maximum absolute atomic E-state index is 5.98. The molecule has 0 bridgehead atoms. The second-order valence-electron chi connectivity index (χ2n) is 5.69. The SMILES string of the molecule is CC[C@H](N)c1ccc(N2CCC(C(C)C)C2)cn1. The van der Waals surface area contributed by atoms with E-state index < -0.39 is 0 Å². The number of hydrogen-bond donors (Lipinski definition) is 1. The van der Waals surface area contributed by atoms with E-state index in [1.54, 1.807) is 0 Å². The average molecular weight is 247 g/mol. The van der Waals surface area contributed by atoms with Crippen LogP contribution >= 0.6 is 0 Å². The van der Waals surface area contributed by atoms with Crippen molar-refractivity contribution in [3.63, 3.8) is 0 Å². The fraction of sp³-hybridized carbons (Fsp3) is 0.667. The number of pyridine rings is 1. The standard InChI is InChI=1S/C15H25N3/c1-4-14(16)15-6-5-13(9-17-15)18-8-7-12(10-18)11(2)3/h5-6,9,11-12,14H,4,7-8,10,16H2,1-3H3/t12?,14-/m0/s1. The van der Waals surface area contributed by atoms with Crippen molar-refractivity contribution in [2.24, 2.45) is 17.6 Å². The Morgan fingerprint density at radius 1 is 1.44 bits per heavy atom. The van der Waals surface area contributed by atoms with Crippen molar-refractivity contribution in [3.05, 3.63) is 24.0 Å². The summed E-state index contributed by atoms with van der Waals surface area (Å²) in [6.07, 6.45) is 4.22. The van der Waals surface area contributed by atoms with E-state index in [4.69, 9.17) is 5.73 Å². The van der Waals surface area contributed by atoms with Gasteiger partial charge in [-0.3, -0.25) is 4.98 Å². The highest BCUT2D eigenvalue weighted by molar-refractivity contribution is 5.45. The van der Waals surface area contributed by atoms with Gasteiger partial charge in [-0.25, -0.2) is 0 Å². The number of nitrogens with two attached hydrogens (primary N) is 1. The van der Waals surface area contributed by atoms with Gasteiger partial charge in [0.1, 0.15) is 0 Å². The largest absolute Gasteiger partial charge is 0.370 e. The van der Waals surface area contributed by atoms with Crippen LogP contribution < -0.4 is 10.6 Å². The molecule has 1 saturated heterocycles. The van der Waals surface area contributed by atoms with Crippen molar-refractivity contribution in [2.45, 2.75) is 39.7 Å². The van der Waals surface area contributed by atoms with Crippen LogP contribution in [0.15, 0.2) is 18.3 Å². The fourth-order valence-electron chi connectivity index (χ4n) is 2.58. The topological polar surface area (TPSA) is 42.1 Å². The van der Waals surface area contributed by atoms with Gasteiger partial charge < -0.3 is 10.6 Å². The number of anilines is 1. The van der Waals surface area contributed by atoms with Crippen molar-refractivity contribution in [1.82, 2.24) is 4.98 Å². The molecule has 100 valence electrons. The van der Waals surface area contributed by atoms with Crippen LogP contribution in [0.4, 0.5) is 5.69 Å². The molecule has 2 heterocycles. The zero-order valence-electron chi connectivity index (χ0n) is 11.8. The molecule has 0 radical (unpaired) electrons. The Morgan fingerprint density at radius 3 is 2.72 bits per heavy atom. The van der Waals surface area contributed by atoms with E-state index in [1.165, 1.54) is 18.7 Å². The summed E-state index contributed by atoms with van der Waals surface area (Å²) in [5.74, 6) is 1.60. The highest BCUT2D eigenvalue weighted by Crippen LogP contribution is 2.28. The molecular formula is C15H25N3. The minimum Gasteiger partial charge on any atom is -0.370 e. The normalized spacial score (nSPS) is 21.6. The van der Waals surface area contributed by atoms with E-state index in [0.717, 1.165) is 30.5 Å². The first-order valence-electron chi connectivity index (χ1n) is 7.08. The summed E-state index contributed by atoms with van der Waals surface area (Å²) in [7, 11) is 0. The summed E-state index contributed by atoms with van der Waals surface area (Å²) < 4.78 is 0. The lowest BCUT2D eigenvalue weighted by Gasteiger charge is -2.20. The van der Waals surface area contributed by atoms with Crippen molar-refractivity contribution in [1.29, 1.82) is 0 Å². The monoisotopic (exact) mass is 247 g/mol. The summed E-state index contributed by atoms with van der Waals surface area (Å²) in [5, 5.41) is 0. The van der Waals surface area contributed by atoms with Crippen LogP contribution in [0, 0.1) is 11.8 Å². The second kappa shape index (κ2) is 5.70. The van der Waals surface area contributed by atoms with Gasteiger partial charge in [-0.2, -0.15) is 0 Å². The molecule has 0 aromatic carbocycles. The Kier molecular flexibility index (Phi) is 4.23. The smallest absolute Gasteiger partial charge is 0.0572 e. The molecule has 1 unspecified atom stereocenters. The third-order valence-corrected chi connectivity index (χ3v) is 4.12. The number of hydrogen-bond acceptors (Lipinski definition) is 3. The maximum atomic E-state index is 5.98. The molecule has 1 aliphatic heterocycles. The van der Waals surface area contributed by atoms with E-state index in [2.05, 4.69) is 42.8 Å². The third-order valence-electron chi connectivity index (χ3n) is 4.12. The van der Waals surface area contributed by atoms with Crippen molar-refractivity contribution in [3.8, 4) is 0 Å². The van der Waals surface area contributed by atoms with Crippen LogP contribution in [0.2, 0.25) is 0 Å². The molecule has 0 saturated carbocycles. The average Bonchev–Trinajstić information content (AvgIpc) is 2.88. The molecule has 2 atom stereocenters. The zero-order chi connectivity index (χ0) is 13.1. The molecule has 1 fully saturated rings. The van der Waals surface area contributed by atoms with Crippen molar-refractivity contribution < 1.29 is 0 Å². The van der Waals surface area contributed by atoms with E-state index in [-0.39, 0.29) is 6.04 Å². The molecule has 0 spiro atoms. The van der Waals surface area contributed by atoms with Gasteiger partial charge in [0.25, 0.3) is 0 Å². The summed E-state index contributed by atoms with van der Waals surface area (Å²) in [6, 6.07) is 4.31. The minimum atomic E-state index is 0.0704. The Balaban J connectivity index is 2.02. The van der Waals surface area contributed by atoms with Gasteiger partial charge in [-0.15, -0.1) is 0 Å². The Labute approximate surface area is 110 Å². The van der Waals surface area contributed by atoms with Gasteiger partial charge >= 0.3 is 0 Å². The summed E-state index contributed by atoms with van der Waals surface area (Å²) in [4.78, 5) is 6.94.